The Balaban J connectivity index is -0.000000190. The highest BCUT2D eigenvalue weighted by Crippen LogP contribution is 1.91. The van der Waals surface area contributed by atoms with E-state index in [-0.39, 0.29) is 6.42 Å². The van der Waals surface area contributed by atoms with Crippen molar-refractivity contribution in [3.63, 3.8) is 0 Å². The highest BCUT2D eigenvalue weighted by atomic mass is 16.4. The van der Waals surface area contributed by atoms with Crippen molar-refractivity contribution in [1.29, 1.82) is 0 Å². The lowest BCUT2D eigenvalue weighted by Gasteiger charge is -1.85. The standard InChI is InChI=1S/C5H10O2.C4H8O2.C3H6O2/c1-2-3-4-5(6)7;1-2-3-4(5)6;1-2-3(4)5/h2-4H2,1H3,(H,6,7);2-3H2,1H3,(H,5,6);2H2,1H3,(H,4,5). The summed E-state index contributed by atoms with van der Waals surface area (Å²) in [6.07, 6.45) is 3.33. The van der Waals surface area contributed by atoms with E-state index in [4.69, 9.17) is 15.3 Å². The Bertz CT molecular complexity index is 225. The molecule has 108 valence electrons. The fourth-order valence-electron chi connectivity index (χ4n) is 0.542. The largest absolute Gasteiger partial charge is 0.481 e. The van der Waals surface area contributed by atoms with Gasteiger partial charge in [0, 0.05) is 19.3 Å². The summed E-state index contributed by atoms with van der Waals surface area (Å²) in [4.78, 5) is 28.7. The summed E-state index contributed by atoms with van der Waals surface area (Å²) in [6, 6.07) is 0. The van der Waals surface area contributed by atoms with Gasteiger partial charge in [-0.05, 0) is 12.8 Å². The van der Waals surface area contributed by atoms with E-state index in [1.54, 1.807) is 6.92 Å². The first-order valence-corrected chi connectivity index (χ1v) is 5.97. The molecule has 0 saturated heterocycles. The third-order valence-corrected chi connectivity index (χ3v) is 1.51. The van der Waals surface area contributed by atoms with Crippen LogP contribution in [-0.4, -0.2) is 33.2 Å². The van der Waals surface area contributed by atoms with Gasteiger partial charge in [0.2, 0.25) is 0 Å². The van der Waals surface area contributed by atoms with Gasteiger partial charge in [-0.2, -0.15) is 0 Å². The third kappa shape index (κ3) is 47.2. The maximum Gasteiger partial charge on any atom is 0.303 e. The van der Waals surface area contributed by atoms with Gasteiger partial charge in [0.1, 0.15) is 0 Å². The van der Waals surface area contributed by atoms with Gasteiger partial charge >= 0.3 is 17.9 Å². The summed E-state index contributed by atoms with van der Waals surface area (Å²) in [6.45, 7) is 5.42. The predicted octanol–water partition coefficient (Wildman–Crippen LogP) is 2.61. The fraction of sp³-hybridized carbons (Fsp3) is 0.750. The van der Waals surface area contributed by atoms with Gasteiger partial charge in [-0.3, -0.25) is 14.4 Å². The van der Waals surface area contributed by atoms with E-state index >= 15 is 0 Å². The number of carboxylic acid groups (broad SMARTS) is 3. The van der Waals surface area contributed by atoms with Crippen LogP contribution in [0, 0.1) is 0 Å². The zero-order valence-corrected chi connectivity index (χ0v) is 11.3. The SMILES string of the molecule is CCC(=O)O.CCCC(=O)O.CCCCC(=O)O. The molecular formula is C12H24O6. The molecule has 0 aliphatic heterocycles. The number of carboxylic acids is 3. The molecule has 0 amide bonds. The van der Waals surface area contributed by atoms with Crippen molar-refractivity contribution >= 4 is 17.9 Å². The van der Waals surface area contributed by atoms with Crippen molar-refractivity contribution in [2.24, 2.45) is 0 Å². The van der Waals surface area contributed by atoms with E-state index < -0.39 is 17.9 Å². The molecule has 0 heterocycles. The Kier molecular flexibility index (Phi) is 21.4. The van der Waals surface area contributed by atoms with E-state index in [9.17, 15) is 14.4 Å². The molecule has 18 heavy (non-hydrogen) atoms. The molecule has 0 fully saturated rings. The van der Waals surface area contributed by atoms with Gasteiger partial charge < -0.3 is 15.3 Å². The molecule has 0 spiro atoms. The summed E-state index contributed by atoms with van der Waals surface area (Å²) in [7, 11) is 0. The van der Waals surface area contributed by atoms with Crippen LogP contribution in [0.5, 0.6) is 0 Å². The molecule has 0 aromatic carbocycles. The van der Waals surface area contributed by atoms with Crippen LogP contribution >= 0.6 is 0 Å². The molecular weight excluding hydrogens is 240 g/mol. The molecule has 6 heteroatoms. The van der Waals surface area contributed by atoms with Crippen LogP contribution < -0.4 is 0 Å². The topological polar surface area (TPSA) is 112 Å². The minimum atomic E-state index is -0.745. The summed E-state index contributed by atoms with van der Waals surface area (Å²) in [5.41, 5.74) is 0. The fourth-order valence-corrected chi connectivity index (χ4v) is 0.542. The normalized spacial score (nSPS) is 8.17. The molecule has 0 aromatic heterocycles. The molecule has 0 unspecified atom stereocenters. The van der Waals surface area contributed by atoms with E-state index in [0.29, 0.717) is 12.8 Å². The van der Waals surface area contributed by atoms with Crippen LogP contribution in [-0.2, 0) is 14.4 Å². The number of hydrogen-bond acceptors (Lipinski definition) is 3. The molecule has 0 aliphatic carbocycles. The second kappa shape index (κ2) is 17.8. The van der Waals surface area contributed by atoms with Crippen LogP contribution in [0.25, 0.3) is 0 Å². The first-order valence-electron chi connectivity index (χ1n) is 5.97. The number of hydrogen-bond donors (Lipinski definition) is 3. The Morgan fingerprint density at radius 3 is 1.17 bits per heavy atom. The van der Waals surface area contributed by atoms with Gasteiger partial charge in [0.25, 0.3) is 0 Å². The lowest BCUT2D eigenvalue weighted by atomic mass is 10.3. The van der Waals surface area contributed by atoms with Crippen molar-refractivity contribution in [3.05, 3.63) is 0 Å². The average Bonchev–Trinajstić information content (AvgIpc) is 2.27. The lowest BCUT2D eigenvalue weighted by molar-refractivity contribution is -0.138. The number of unbranched alkanes of at least 4 members (excludes halogenated alkanes) is 1. The Morgan fingerprint density at radius 2 is 1.11 bits per heavy atom. The van der Waals surface area contributed by atoms with Crippen LogP contribution in [0.4, 0.5) is 0 Å². The van der Waals surface area contributed by atoms with Crippen LogP contribution in [0.3, 0.4) is 0 Å². The van der Waals surface area contributed by atoms with E-state index in [1.165, 1.54) is 0 Å². The smallest absolute Gasteiger partial charge is 0.303 e. The minimum absolute atomic E-state index is 0.222. The Labute approximate surface area is 108 Å². The summed E-state index contributed by atoms with van der Waals surface area (Å²) < 4.78 is 0. The Hall–Kier alpha value is -1.59. The van der Waals surface area contributed by atoms with Gasteiger partial charge in [-0.15, -0.1) is 0 Å². The zero-order chi connectivity index (χ0) is 15.0. The number of aliphatic carboxylic acids is 3. The molecule has 0 aromatic rings. The second-order valence-electron chi connectivity index (χ2n) is 3.39. The monoisotopic (exact) mass is 264 g/mol. The lowest BCUT2D eigenvalue weighted by Crippen LogP contribution is -1.91. The van der Waals surface area contributed by atoms with Gasteiger partial charge in [0.15, 0.2) is 0 Å². The molecule has 0 saturated carbocycles. The second-order valence-corrected chi connectivity index (χ2v) is 3.39. The van der Waals surface area contributed by atoms with Crippen molar-refractivity contribution < 1.29 is 29.7 Å². The highest BCUT2D eigenvalue weighted by molar-refractivity contribution is 5.66. The molecule has 0 rings (SSSR count). The molecule has 0 radical (unpaired) electrons. The molecule has 0 bridgehead atoms. The van der Waals surface area contributed by atoms with E-state index in [0.717, 1.165) is 19.3 Å². The van der Waals surface area contributed by atoms with Gasteiger partial charge in [-0.1, -0.05) is 27.2 Å². The minimum Gasteiger partial charge on any atom is -0.481 e. The maximum absolute atomic E-state index is 9.76. The maximum atomic E-state index is 9.76. The Morgan fingerprint density at radius 1 is 0.722 bits per heavy atom. The molecule has 0 aliphatic rings. The predicted molar refractivity (Wildman–Crippen MR) is 67.6 cm³/mol. The van der Waals surface area contributed by atoms with Crippen LogP contribution in [0.2, 0.25) is 0 Å². The molecule has 0 atom stereocenters. The summed E-state index contributed by atoms with van der Waals surface area (Å²) in [5, 5.41) is 23.7. The molecule has 6 nitrogen and oxygen atoms in total. The van der Waals surface area contributed by atoms with E-state index in [2.05, 4.69) is 0 Å². The van der Waals surface area contributed by atoms with Crippen LogP contribution in [0.15, 0.2) is 0 Å². The van der Waals surface area contributed by atoms with Crippen molar-refractivity contribution in [2.45, 2.75) is 59.3 Å². The quantitative estimate of drug-likeness (QED) is 0.679. The zero-order valence-electron chi connectivity index (χ0n) is 11.3. The summed E-state index contributed by atoms with van der Waals surface area (Å²) >= 11 is 0. The van der Waals surface area contributed by atoms with Crippen molar-refractivity contribution in [3.8, 4) is 0 Å². The van der Waals surface area contributed by atoms with Crippen molar-refractivity contribution in [1.82, 2.24) is 0 Å². The van der Waals surface area contributed by atoms with Crippen LogP contribution in [0.1, 0.15) is 59.3 Å². The number of rotatable bonds is 6. The summed E-state index contributed by atoms with van der Waals surface area (Å²) in [5.74, 6) is -2.15. The van der Waals surface area contributed by atoms with Gasteiger partial charge in [0.05, 0.1) is 0 Å². The number of carbonyl (C=O) groups is 3. The first-order chi connectivity index (χ1) is 8.31. The van der Waals surface area contributed by atoms with Gasteiger partial charge in [-0.25, -0.2) is 0 Å². The third-order valence-electron chi connectivity index (χ3n) is 1.51. The highest BCUT2D eigenvalue weighted by Gasteiger charge is 1.90. The first kappa shape index (κ1) is 21.7. The van der Waals surface area contributed by atoms with E-state index in [1.807, 2.05) is 13.8 Å². The molecule has 3 N–H and O–H groups in total. The van der Waals surface area contributed by atoms with Crippen molar-refractivity contribution in [2.75, 3.05) is 0 Å². The average molecular weight is 264 g/mol.